The zero-order chi connectivity index (χ0) is 21.8. The van der Waals surface area contributed by atoms with Gasteiger partial charge in [-0.1, -0.05) is 71.7 Å². The molecule has 4 rings (SSSR count). The SMILES string of the molecule is O=C(NCCOc1c(Cl)cc(Cl)cc1CO)OCC1c2ccccc2-c2ccccc21. The van der Waals surface area contributed by atoms with Crippen LogP contribution in [0.2, 0.25) is 10.0 Å². The maximum atomic E-state index is 12.2. The molecule has 0 radical (unpaired) electrons. The molecule has 0 spiro atoms. The molecule has 0 unspecified atom stereocenters. The topological polar surface area (TPSA) is 67.8 Å². The van der Waals surface area contributed by atoms with Crippen LogP contribution < -0.4 is 10.1 Å². The average molecular weight is 458 g/mol. The number of hydrogen-bond acceptors (Lipinski definition) is 4. The van der Waals surface area contributed by atoms with Gasteiger partial charge in [0.05, 0.1) is 18.2 Å². The van der Waals surface area contributed by atoms with Gasteiger partial charge in [0.25, 0.3) is 0 Å². The summed E-state index contributed by atoms with van der Waals surface area (Å²) >= 11 is 12.1. The maximum Gasteiger partial charge on any atom is 0.407 e. The summed E-state index contributed by atoms with van der Waals surface area (Å²) in [6, 6.07) is 19.5. The average Bonchev–Trinajstić information content (AvgIpc) is 3.10. The maximum absolute atomic E-state index is 12.2. The molecule has 0 aliphatic heterocycles. The van der Waals surface area contributed by atoms with E-state index in [1.807, 2.05) is 24.3 Å². The summed E-state index contributed by atoms with van der Waals surface area (Å²) in [4.78, 5) is 12.2. The van der Waals surface area contributed by atoms with Gasteiger partial charge in [-0.3, -0.25) is 0 Å². The van der Waals surface area contributed by atoms with Gasteiger partial charge in [0.1, 0.15) is 19.0 Å². The summed E-state index contributed by atoms with van der Waals surface area (Å²) in [6.07, 6.45) is -0.518. The Morgan fingerprint density at radius 1 is 1.00 bits per heavy atom. The molecule has 1 amide bonds. The molecular formula is C24H21Cl2NO4. The Kier molecular flexibility index (Phi) is 6.66. The highest BCUT2D eigenvalue weighted by atomic mass is 35.5. The fraction of sp³-hybridized carbons (Fsp3) is 0.208. The lowest BCUT2D eigenvalue weighted by Crippen LogP contribution is -2.30. The number of halogens is 2. The monoisotopic (exact) mass is 457 g/mol. The van der Waals surface area contributed by atoms with Gasteiger partial charge in [-0.2, -0.15) is 0 Å². The number of ether oxygens (including phenoxy) is 2. The van der Waals surface area contributed by atoms with Crippen LogP contribution in [0.15, 0.2) is 60.7 Å². The molecule has 0 saturated carbocycles. The first-order valence-electron chi connectivity index (χ1n) is 9.89. The number of amides is 1. The molecule has 1 aliphatic carbocycles. The number of nitrogens with one attached hydrogen (secondary N) is 1. The van der Waals surface area contributed by atoms with Crippen LogP contribution in [0.4, 0.5) is 4.79 Å². The van der Waals surface area contributed by atoms with Crippen molar-refractivity contribution in [2.45, 2.75) is 12.5 Å². The van der Waals surface area contributed by atoms with Crippen molar-refractivity contribution >= 4 is 29.3 Å². The minimum atomic E-state index is -0.518. The zero-order valence-corrected chi connectivity index (χ0v) is 18.1. The van der Waals surface area contributed by atoms with Gasteiger partial charge in [0.15, 0.2) is 0 Å². The van der Waals surface area contributed by atoms with Crippen LogP contribution in [0, 0.1) is 0 Å². The first-order valence-corrected chi connectivity index (χ1v) is 10.6. The van der Waals surface area contributed by atoms with Crippen LogP contribution in [0.5, 0.6) is 5.75 Å². The van der Waals surface area contributed by atoms with Crippen molar-refractivity contribution in [2.75, 3.05) is 19.8 Å². The van der Waals surface area contributed by atoms with Crippen LogP contribution in [0.25, 0.3) is 11.1 Å². The second-order valence-electron chi connectivity index (χ2n) is 7.13. The fourth-order valence-corrected chi connectivity index (χ4v) is 4.44. The van der Waals surface area contributed by atoms with E-state index in [1.54, 1.807) is 6.07 Å². The molecule has 1 aliphatic rings. The molecule has 5 nitrogen and oxygen atoms in total. The number of aliphatic hydroxyl groups excluding tert-OH is 1. The Morgan fingerprint density at radius 2 is 1.65 bits per heavy atom. The van der Waals surface area contributed by atoms with E-state index in [-0.39, 0.29) is 32.3 Å². The van der Waals surface area contributed by atoms with Gasteiger partial charge >= 0.3 is 6.09 Å². The Balaban J connectivity index is 1.30. The van der Waals surface area contributed by atoms with Crippen molar-refractivity contribution in [1.29, 1.82) is 0 Å². The van der Waals surface area contributed by atoms with Gasteiger partial charge in [0, 0.05) is 16.5 Å². The molecule has 3 aromatic rings. The molecule has 0 atom stereocenters. The lowest BCUT2D eigenvalue weighted by Gasteiger charge is -2.15. The van der Waals surface area contributed by atoms with E-state index < -0.39 is 6.09 Å². The minimum absolute atomic E-state index is 0.00869. The predicted molar refractivity (Wildman–Crippen MR) is 121 cm³/mol. The van der Waals surface area contributed by atoms with Gasteiger partial charge < -0.3 is 19.9 Å². The minimum Gasteiger partial charge on any atom is -0.490 e. The van der Waals surface area contributed by atoms with Crippen molar-refractivity contribution in [1.82, 2.24) is 5.32 Å². The number of fused-ring (bicyclic) bond motifs is 3. The highest BCUT2D eigenvalue weighted by Crippen LogP contribution is 2.44. The molecular weight excluding hydrogens is 437 g/mol. The summed E-state index contributed by atoms with van der Waals surface area (Å²) in [5.41, 5.74) is 5.17. The lowest BCUT2D eigenvalue weighted by atomic mass is 9.98. The third kappa shape index (κ3) is 4.64. The Labute approximate surface area is 190 Å². The molecule has 0 fully saturated rings. The van der Waals surface area contributed by atoms with Gasteiger partial charge in [0.2, 0.25) is 0 Å². The van der Waals surface area contributed by atoms with E-state index in [4.69, 9.17) is 32.7 Å². The van der Waals surface area contributed by atoms with E-state index in [1.165, 1.54) is 17.2 Å². The number of benzene rings is 3. The van der Waals surface area contributed by atoms with Crippen LogP contribution >= 0.6 is 23.2 Å². The number of carbonyl (C=O) groups excluding carboxylic acids is 1. The first kappa shape index (κ1) is 21.5. The summed E-state index contributed by atoms with van der Waals surface area (Å²) in [6.45, 7) is 0.382. The van der Waals surface area contributed by atoms with Crippen LogP contribution in [0.1, 0.15) is 22.6 Å². The summed E-state index contributed by atoms with van der Waals surface area (Å²) in [5.74, 6) is 0.359. The van der Waals surface area contributed by atoms with Crippen molar-refractivity contribution in [3.8, 4) is 16.9 Å². The van der Waals surface area contributed by atoms with E-state index in [9.17, 15) is 9.90 Å². The predicted octanol–water partition coefficient (Wildman–Crippen LogP) is 5.40. The van der Waals surface area contributed by atoms with Crippen LogP contribution in [-0.2, 0) is 11.3 Å². The molecule has 0 heterocycles. The van der Waals surface area contributed by atoms with Crippen LogP contribution in [-0.4, -0.2) is 31.0 Å². The molecule has 0 saturated heterocycles. The number of carbonyl (C=O) groups is 1. The Morgan fingerprint density at radius 3 is 2.29 bits per heavy atom. The number of alkyl carbamates (subject to hydrolysis) is 1. The second-order valence-corrected chi connectivity index (χ2v) is 7.98. The lowest BCUT2D eigenvalue weighted by molar-refractivity contribution is 0.141. The summed E-state index contributed by atoms with van der Waals surface area (Å²) < 4.78 is 11.1. The largest absolute Gasteiger partial charge is 0.490 e. The summed E-state index contributed by atoms with van der Waals surface area (Å²) in [5, 5.41) is 12.8. The van der Waals surface area contributed by atoms with Crippen molar-refractivity contribution in [3.63, 3.8) is 0 Å². The highest BCUT2D eigenvalue weighted by molar-refractivity contribution is 6.35. The van der Waals surface area contributed by atoms with E-state index >= 15 is 0 Å². The standard InChI is InChI=1S/C24H21Cl2NO4/c25-16-11-15(13-28)23(22(26)12-16)30-10-9-27-24(29)31-14-21-19-7-3-1-5-17(19)18-6-2-4-8-20(18)21/h1-8,11-12,21,28H,9-10,13-14H2,(H,27,29). The number of aliphatic hydroxyl groups is 1. The molecule has 2 N–H and O–H groups in total. The van der Waals surface area contributed by atoms with Crippen molar-refractivity contribution in [3.05, 3.63) is 87.4 Å². The summed E-state index contributed by atoms with van der Waals surface area (Å²) in [7, 11) is 0. The smallest absolute Gasteiger partial charge is 0.407 e. The molecule has 3 aromatic carbocycles. The molecule has 7 heteroatoms. The zero-order valence-electron chi connectivity index (χ0n) is 16.6. The van der Waals surface area contributed by atoms with Crippen LogP contribution in [0.3, 0.4) is 0 Å². The number of hydrogen-bond donors (Lipinski definition) is 2. The first-order chi connectivity index (χ1) is 15.1. The van der Waals surface area contributed by atoms with E-state index in [0.29, 0.717) is 21.4 Å². The van der Waals surface area contributed by atoms with Crippen molar-refractivity contribution in [2.24, 2.45) is 0 Å². The third-order valence-electron chi connectivity index (χ3n) is 5.22. The second kappa shape index (κ2) is 9.60. The third-order valence-corrected chi connectivity index (χ3v) is 5.72. The quantitative estimate of drug-likeness (QED) is 0.465. The van der Waals surface area contributed by atoms with Gasteiger partial charge in [-0.05, 0) is 34.4 Å². The van der Waals surface area contributed by atoms with E-state index in [2.05, 4.69) is 29.6 Å². The fourth-order valence-electron chi connectivity index (χ4n) is 3.85. The molecule has 0 bridgehead atoms. The van der Waals surface area contributed by atoms with Crippen molar-refractivity contribution < 1.29 is 19.4 Å². The molecule has 160 valence electrons. The Bertz CT molecular complexity index is 1060. The van der Waals surface area contributed by atoms with E-state index in [0.717, 1.165) is 11.1 Å². The van der Waals surface area contributed by atoms with Gasteiger partial charge in [-0.25, -0.2) is 4.79 Å². The van der Waals surface area contributed by atoms with Gasteiger partial charge in [-0.15, -0.1) is 0 Å². The molecule has 31 heavy (non-hydrogen) atoms. The molecule has 0 aromatic heterocycles. The highest BCUT2D eigenvalue weighted by Gasteiger charge is 2.28. The Hall–Kier alpha value is -2.73. The normalized spacial score (nSPS) is 12.2. The number of rotatable bonds is 7.